The van der Waals surface area contributed by atoms with Crippen LogP contribution in [0, 0.1) is 0 Å². The first-order valence-corrected chi connectivity index (χ1v) is 11.3. The molecule has 0 saturated heterocycles. The van der Waals surface area contributed by atoms with Crippen LogP contribution in [0.15, 0.2) is 47.1 Å². The van der Waals surface area contributed by atoms with Gasteiger partial charge in [-0.25, -0.2) is 14.6 Å². The molecule has 2 heterocycles. The van der Waals surface area contributed by atoms with Gasteiger partial charge in [0.15, 0.2) is 6.10 Å². The summed E-state index contributed by atoms with van der Waals surface area (Å²) in [4.78, 5) is 42.5. The fourth-order valence-corrected chi connectivity index (χ4v) is 4.04. The molecule has 4 rings (SSSR count). The van der Waals surface area contributed by atoms with Crippen LogP contribution in [0.4, 0.5) is 4.79 Å². The first-order chi connectivity index (χ1) is 16.3. The van der Waals surface area contributed by atoms with Crippen molar-refractivity contribution in [1.29, 1.82) is 0 Å². The van der Waals surface area contributed by atoms with Gasteiger partial charge in [-0.3, -0.25) is 10.1 Å². The van der Waals surface area contributed by atoms with Gasteiger partial charge in [-0.2, -0.15) is 0 Å². The van der Waals surface area contributed by atoms with Crippen LogP contribution >= 0.6 is 0 Å². The number of esters is 1. The molecule has 8 nitrogen and oxygen atoms in total. The van der Waals surface area contributed by atoms with E-state index in [0.717, 1.165) is 29.7 Å². The molecule has 0 bridgehead atoms. The van der Waals surface area contributed by atoms with E-state index in [0.29, 0.717) is 28.6 Å². The molecule has 3 aromatic rings. The molecule has 2 aromatic heterocycles. The Morgan fingerprint density at radius 3 is 2.62 bits per heavy atom. The Morgan fingerprint density at radius 2 is 1.88 bits per heavy atom. The minimum atomic E-state index is -1.16. The fourth-order valence-electron chi connectivity index (χ4n) is 4.04. The van der Waals surface area contributed by atoms with Gasteiger partial charge in [0.1, 0.15) is 5.76 Å². The van der Waals surface area contributed by atoms with Crippen molar-refractivity contribution in [3.63, 3.8) is 0 Å². The topological polar surface area (TPSA) is 111 Å². The number of para-hydroxylation sites is 1. The molecule has 0 saturated carbocycles. The Bertz CT molecular complexity index is 1260. The molecule has 8 heteroatoms. The number of ether oxygens (including phenoxy) is 1. The van der Waals surface area contributed by atoms with Crippen molar-refractivity contribution in [2.75, 3.05) is 0 Å². The SMILES string of the molecule is CC(C)NC(=O)NC(=O)C(C)OC(=O)c1c2c(nc3ccccc13)/C(=C\c1ccco1)CCC2. The number of amides is 3. The molecule has 1 aromatic carbocycles. The Kier molecular flexibility index (Phi) is 6.77. The minimum absolute atomic E-state index is 0.135. The zero-order valence-electron chi connectivity index (χ0n) is 19.4. The van der Waals surface area contributed by atoms with Crippen molar-refractivity contribution in [3.8, 4) is 0 Å². The van der Waals surface area contributed by atoms with E-state index in [1.54, 1.807) is 20.1 Å². The van der Waals surface area contributed by atoms with Crippen molar-refractivity contribution in [3.05, 3.63) is 65.2 Å². The molecular formula is C26H27N3O5. The highest BCUT2D eigenvalue weighted by molar-refractivity contribution is 6.07. The number of aromatic nitrogens is 1. The number of imide groups is 1. The molecule has 0 radical (unpaired) electrons. The maximum absolute atomic E-state index is 13.4. The number of rotatable bonds is 5. The molecule has 0 fully saturated rings. The molecule has 0 spiro atoms. The monoisotopic (exact) mass is 461 g/mol. The number of fused-ring (bicyclic) bond motifs is 2. The van der Waals surface area contributed by atoms with Gasteiger partial charge in [0.25, 0.3) is 5.91 Å². The molecule has 34 heavy (non-hydrogen) atoms. The summed E-state index contributed by atoms with van der Waals surface area (Å²) in [5.74, 6) is -0.606. The third-order valence-electron chi connectivity index (χ3n) is 5.54. The second-order valence-electron chi connectivity index (χ2n) is 8.53. The van der Waals surface area contributed by atoms with Crippen LogP contribution in [0.1, 0.15) is 61.0 Å². The number of pyridine rings is 1. The van der Waals surface area contributed by atoms with Crippen LogP contribution < -0.4 is 10.6 Å². The molecule has 1 aliphatic carbocycles. The van der Waals surface area contributed by atoms with Gasteiger partial charge in [0, 0.05) is 11.4 Å². The van der Waals surface area contributed by atoms with E-state index < -0.39 is 24.0 Å². The quantitative estimate of drug-likeness (QED) is 0.542. The number of carbonyl (C=O) groups is 3. The molecule has 2 N–H and O–H groups in total. The lowest BCUT2D eigenvalue weighted by molar-refractivity contribution is -0.127. The van der Waals surface area contributed by atoms with E-state index in [2.05, 4.69) is 10.6 Å². The first kappa shape index (κ1) is 23.2. The van der Waals surface area contributed by atoms with E-state index in [1.165, 1.54) is 6.92 Å². The average molecular weight is 462 g/mol. The zero-order valence-corrected chi connectivity index (χ0v) is 19.4. The summed E-state index contributed by atoms with van der Waals surface area (Å²) in [6, 6.07) is 10.3. The van der Waals surface area contributed by atoms with Crippen LogP contribution in [0.2, 0.25) is 0 Å². The highest BCUT2D eigenvalue weighted by Crippen LogP contribution is 2.36. The zero-order chi connectivity index (χ0) is 24.2. The number of nitrogens with one attached hydrogen (secondary N) is 2. The molecule has 1 aliphatic rings. The summed E-state index contributed by atoms with van der Waals surface area (Å²) in [5, 5.41) is 5.43. The third kappa shape index (κ3) is 5.01. The normalized spacial score (nSPS) is 15.1. The van der Waals surface area contributed by atoms with Gasteiger partial charge >= 0.3 is 12.0 Å². The Morgan fingerprint density at radius 1 is 1.09 bits per heavy atom. The summed E-state index contributed by atoms with van der Waals surface area (Å²) < 4.78 is 11.0. The first-order valence-electron chi connectivity index (χ1n) is 11.3. The fraction of sp³-hybridized carbons (Fsp3) is 0.308. The summed E-state index contributed by atoms with van der Waals surface area (Å²) in [6.45, 7) is 4.99. The van der Waals surface area contributed by atoms with Gasteiger partial charge in [-0.05, 0) is 75.4 Å². The Balaban J connectivity index is 1.67. The number of benzene rings is 1. The Labute approximate surface area is 197 Å². The van der Waals surface area contributed by atoms with Crippen molar-refractivity contribution in [2.24, 2.45) is 0 Å². The third-order valence-corrected chi connectivity index (χ3v) is 5.54. The standard InChI is InChI=1S/C26H27N3O5/c1-15(2)27-26(32)29-24(30)16(3)34-25(31)22-19-10-4-5-12-21(19)28-23-17(8-6-11-20(22)23)14-18-9-7-13-33-18/h4-5,7,9-10,12-16H,6,8,11H2,1-3H3,(H2,27,29,30,32)/b17-14-. The predicted octanol–water partition coefficient (Wildman–Crippen LogP) is 4.48. The van der Waals surface area contributed by atoms with Crippen LogP contribution in [0.5, 0.6) is 0 Å². The highest BCUT2D eigenvalue weighted by Gasteiger charge is 2.28. The van der Waals surface area contributed by atoms with E-state index in [9.17, 15) is 14.4 Å². The summed E-state index contributed by atoms with van der Waals surface area (Å²) >= 11 is 0. The van der Waals surface area contributed by atoms with Crippen molar-refractivity contribution in [1.82, 2.24) is 15.6 Å². The maximum Gasteiger partial charge on any atom is 0.339 e. The maximum atomic E-state index is 13.4. The van der Waals surface area contributed by atoms with Gasteiger partial charge < -0.3 is 14.5 Å². The number of nitrogens with zero attached hydrogens (tertiary/aromatic N) is 1. The summed E-state index contributed by atoms with van der Waals surface area (Å²) in [6.07, 6.45) is 4.70. The van der Waals surface area contributed by atoms with Crippen LogP contribution in [-0.4, -0.2) is 35.0 Å². The molecule has 1 unspecified atom stereocenters. The van der Waals surface area contributed by atoms with Gasteiger partial charge in [-0.1, -0.05) is 18.2 Å². The summed E-state index contributed by atoms with van der Waals surface area (Å²) in [7, 11) is 0. The van der Waals surface area contributed by atoms with Gasteiger partial charge in [0.05, 0.1) is 23.0 Å². The average Bonchev–Trinajstić information content (AvgIpc) is 3.30. The van der Waals surface area contributed by atoms with Crippen LogP contribution in [-0.2, 0) is 16.0 Å². The second kappa shape index (κ2) is 9.91. The second-order valence-corrected chi connectivity index (χ2v) is 8.53. The van der Waals surface area contributed by atoms with Gasteiger partial charge in [0.2, 0.25) is 0 Å². The number of hydrogen-bond donors (Lipinski definition) is 2. The van der Waals surface area contributed by atoms with Gasteiger partial charge in [-0.15, -0.1) is 0 Å². The number of carbonyl (C=O) groups excluding carboxylic acids is 3. The van der Waals surface area contributed by atoms with E-state index in [4.69, 9.17) is 14.1 Å². The molecular weight excluding hydrogens is 434 g/mol. The predicted molar refractivity (Wildman–Crippen MR) is 128 cm³/mol. The highest BCUT2D eigenvalue weighted by atomic mass is 16.5. The van der Waals surface area contributed by atoms with E-state index in [1.807, 2.05) is 42.5 Å². The lowest BCUT2D eigenvalue weighted by atomic mass is 9.86. The van der Waals surface area contributed by atoms with Crippen molar-refractivity contribution >= 4 is 40.5 Å². The molecule has 1 atom stereocenters. The van der Waals surface area contributed by atoms with Crippen LogP contribution in [0.3, 0.4) is 0 Å². The number of allylic oxidation sites excluding steroid dienone is 1. The largest absolute Gasteiger partial charge is 0.465 e. The Hall–Kier alpha value is -3.94. The lowest BCUT2D eigenvalue weighted by Gasteiger charge is -2.23. The summed E-state index contributed by atoms with van der Waals surface area (Å²) in [5.41, 5.74) is 3.57. The van der Waals surface area contributed by atoms with E-state index in [-0.39, 0.29) is 6.04 Å². The molecule has 3 amide bonds. The van der Waals surface area contributed by atoms with Crippen LogP contribution in [0.25, 0.3) is 22.6 Å². The molecule has 0 aliphatic heterocycles. The number of urea groups is 1. The minimum Gasteiger partial charge on any atom is -0.465 e. The molecule has 176 valence electrons. The lowest BCUT2D eigenvalue weighted by Crippen LogP contribution is -2.46. The number of hydrogen-bond acceptors (Lipinski definition) is 6. The van der Waals surface area contributed by atoms with Crippen molar-refractivity contribution in [2.45, 2.75) is 52.2 Å². The number of furan rings is 1. The smallest absolute Gasteiger partial charge is 0.339 e. The van der Waals surface area contributed by atoms with Crippen molar-refractivity contribution < 1.29 is 23.5 Å². The van der Waals surface area contributed by atoms with E-state index >= 15 is 0 Å².